The predicted molar refractivity (Wildman–Crippen MR) is 133 cm³/mol. The third-order valence-electron chi connectivity index (χ3n) is 4.92. The topological polar surface area (TPSA) is 87.3 Å². The zero-order chi connectivity index (χ0) is 23.5. The van der Waals surface area contributed by atoms with E-state index in [0.29, 0.717) is 39.8 Å². The van der Waals surface area contributed by atoms with Gasteiger partial charge in [0.2, 0.25) is 5.17 Å². The standard InChI is InChI=1S/C24H23ClN4O3S/c1-14(2)10-21-28-29-22(26)17(23(30)27-24(29)33-21)11-15-8-9-19(20(12-15)31-3)32-13-16-6-4-5-7-18(16)25/h4-9,11-12,14,26H,10,13H2,1-3H3. The molecule has 2 aliphatic rings. The molecule has 4 rings (SSSR count). The van der Waals surface area contributed by atoms with Crippen LogP contribution in [0, 0.1) is 11.3 Å². The van der Waals surface area contributed by atoms with Crippen molar-refractivity contribution in [2.75, 3.05) is 7.11 Å². The minimum absolute atomic E-state index is 0.00858. The van der Waals surface area contributed by atoms with Gasteiger partial charge in [-0.2, -0.15) is 15.1 Å². The Kier molecular flexibility index (Phi) is 6.85. The summed E-state index contributed by atoms with van der Waals surface area (Å²) < 4.78 is 11.4. The lowest BCUT2D eigenvalue weighted by Gasteiger charge is -2.20. The van der Waals surface area contributed by atoms with Crippen molar-refractivity contribution in [3.63, 3.8) is 0 Å². The Bertz CT molecular complexity index is 1210. The number of amides is 1. The van der Waals surface area contributed by atoms with Crippen LogP contribution in [0.15, 0.2) is 58.1 Å². The van der Waals surface area contributed by atoms with Gasteiger partial charge >= 0.3 is 0 Å². The highest BCUT2D eigenvalue weighted by molar-refractivity contribution is 8.26. The van der Waals surface area contributed by atoms with E-state index in [1.165, 1.54) is 16.8 Å². The molecule has 0 saturated heterocycles. The third kappa shape index (κ3) is 5.12. The van der Waals surface area contributed by atoms with Crippen LogP contribution in [-0.2, 0) is 11.4 Å². The van der Waals surface area contributed by atoms with Gasteiger partial charge in [-0.15, -0.1) is 0 Å². The van der Waals surface area contributed by atoms with Crippen LogP contribution in [0.4, 0.5) is 0 Å². The molecule has 0 bridgehead atoms. The first-order chi connectivity index (χ1) is 15.9. The molecule has 9 heteroatoms. The summed E-state index contributed by atoms with van der Waals surface area (Å²) in [6, 6.07) is 12.8. The highest BCUT2D eigenvalue weighted by atomic mass is 35.5. The number of hydrazone groups is 1. The summed E-state index contributed by atoms with van der Waals surface area (Å²) in [5.41, 5.74) is 1.71. The summed E-state index contributed by atoms with van der Waals surface area (Å²) in [7, 11) is 1.55. The zero-order valence-corrected chi connectivity index (χ0v) is 20.0. The molecule has 0 aromatic heterocycles. The molecule has 1 amide bonds. The lowest BCUT2D eigenvalue weighted by atomic mass is 10.1. The Morgan fingerprint density at radius 3 is 2.73 bits per heavy atom. The minimum Gasteiger partial charge on any atom is -0.493 e. The predicted octanol–water partition coefficient (Wildman–Crippen LogP) is 5.59. The number of ether oxygens (including phenoxy) is 2. The Labute approximate surface area is 201 Å². The fourth-order valence-corrected chi connectivity index (χ4v) is 4.58. The van der Waals surface area contributed by atoms with E-state index in [1.54, 1.807) is 31.4 Å². The van der Waals surface area contributed by atoms with Crippen molar-refractivity contribution in [3.8, 4) is 11.5 Å². The summed E-state index contributed by atoms with van der Waals surface area (Å²) in [4.78, 5) is 16.8. The third-order valence-corrected chi connectivity index (χ3v) is 6.22. The molecule has 33 heavy (non-hydrogen) atoms. The Morgan fingerprint density at radius 2 is 2.00 bits per heavy atom. The summed E-state index contributed by atoms with van der Waals surface area (Å²) in [6.45, 7) is 4.48. The van der Waals surface area contributed by atoms with Crippen LogP contribution in [0.2, 0.25) is 5.02 Å². The highest BCUT2D eigenvalue weighted by Crippen LogP contribution is 2.33. The molecule has 2 aliphatic heterocycles. The van der Waals surface area contributed by atoms with Gasteiger partial charge in [0.25, 0.3) is 5.91 Å². The minimum atomic E-state index is -0.460. The van der Waals surface area contributed by atoms with Crippen molar-refractivity contribution in [3.05, 3.63) is 64.2 Å². The maximum Gasteiger partial charge on any atom is 0.283 e. The van der Waals surface area contributed by atoms with E-state index in [-0.39, 0.29) is 11.4 Å². The number of nitrogens with zero attached hydrogens (tertiary/aromatic N) is 3. The molecule has 2 aromatic rings. The van der Waals surface area contributed by atoms with Gasteiger partial charge in [-0.1, -0.05) is 49.7 Å². The molecule has 2 aromatic carbocycles. The van der Waals surface area contributed by atoms with Gasteiger partial charge in [0.1, 0.15) is 11.7 Å². The van der Waals surface area contributed by atoms with Crippen molar-refractivity contribution >= 4 is 51.4 Å². The Balaban J connectivity index is 1.55. The SMILES string of the molecule is COc1cc(C=C2C(=N)N3N=C(CC(C)C)SC3=NC2=O)ccc1OCc1ccccc1Cl. The van der Waals surface area contributed by atoms with Crippen LogP contribution < -0.4 is 9.47 Å². The van der Waals surface area contributed by atoms with E-state index < -0.39 is 5.91 Å². The molecule has 0 unspecified atom stereocenters. The maximum atomic E-state index is 12.6. The molecule has 2 heterocycles. The van der Waals surface area contributed by atoms with E-state index in [9.17, 15) is 4.79 Å². The van der Waals surface area contributed by atoms with Crippen molar-refractivity contribution in [2.45, 2.75) is 26.9 Å². The molecular weight excluding hydrogens is 460 g/mol. The Hall–Kier alpha value is -3.10. The van der Waals surface area contributed by atoms with Crippen LogP contribution >= 0.6 is 23.4 Å². The molecule has 1 N–H and O–H groups in total. The first kappa shape index (κ1) is 23.1. The second-order valence-corrected chi connectivity index (χ2v) is 9.35. The largest absolute Gasteiger partial charge is 0.493 e. The van der Waals surface area contributed by atoms with E-state index >= 15 is 0 Å². The smallest absolute Gasteiger partial charge is 0.283 e. The molecule has 0 saturated carbocycles. The second-order valence-electron chi connectivity index (χ2n) is 7.90. The number of hydrogen-bond donors (Lipinski definition) is 1. The first-order valence-corrected chi connectivity index (χ1v) is 11.6. The maximum absolute atomic E-state index is 12.6. The van der Waals surface area contributed by atoms with Gasteiger partial charge in [0, 0.05) is 17.0 Å². The van der Waals surface area contributed by atoms with E-state index in [4.69, 9.17) is 26.5 Å². The molecule has 7 nitrogen and oxygen atoms in total. The number of fused-ring (bicyclic) bond motifs is 1. The van der Waals surface area contributed by atoms with Gasteiger partial charge in [-0.25, -0.2) is 0 Å². The summed E-state index contributed by atoms with van der Waals surface area (Å²) in [5.74, 6) is 1.02. The number of halogens is 1. The van der Waals surface area contributed by atoms with Gasteiger partial charge < -0.3 is 9.47 Å². The van der Waals surface area contributed by atoms with Crippen molar-refractivity contribution in [1.82, 2.24) is 5.01 Å². The van der Waals surface area contributed by atoms with Crippen LogP contribution in [-0.4, -0.2) is 34.1 Å². The van der Waals surface area contributed by atoms with Crippen LogP contribution in [0.3, 0.4) is 0 Å². The fraction of sp³-hybridized carbons (Fsp3) is 0.250. The molecule has 0 spiro atoms. The normalized spacial score (nSPS) is 16.8. The summed E-state index contributed by atoms with van der Waals surface area (Å²) >= 11 is 7.54. The molecule has 170 valence electrons. The van der Waals surface area contributed by atoms with Crippen LogP contribution in [0.5, 0.6) is 11.5 Å². The van der Waals surface area contributed by atoms with Gasteiger partial charge in [0.05, 0.1) is 12.7 Å². The van der Waals surface area contributed by atoms with Gasteiger partial charge in [-0.3, -0.25) is 10.2 Å². The lowest BCUT2D eigenvalue weighted by molar-refractivity contribution is -0.114. The van der Waals surface area contributed by atoms with E-state index in [1.807, 2.05) is 24.3 Å². The number of benzene rings is 2. The first-order valence-electron chi connectivity index (χ1n) is 10.4. The number of amidine groups is 2. The number of thioether (sulfide) groups is 1. The van der Waals surface area contributed by atoms with Crippen LogP contribution in [0.1, 0.15) is 31.4 Å². The molecule has 0 aliphatic carbocycles. The van der Waals surface area contributed by atoms with E-state index in [0.717, 1.165) is 17.0 Å². The number of rotatable bonds is 7. The van der Waals surface area contributed by atoms with E-state index in [2.05, 4.69) is 23.9 Å². The Morgan fingerprint density at radius 1 is 1.21 bits per heavy atom. The lowest BCUT2D eigenvalue weighted by Crippen LogP contribution is -2.35. The quantitative estimate of drug-likeness (QED) is 0.519. The number of nitrogens with one attached hydrogen (secondary N) is 1. The van der Waals surface area contributed by atoms with Crippen LogP contribution in [0.25, 0.3) is 6.08 Å². The van der Waals surface area contributed by atoms with Crippen molar-refractivity contribution in [2.24, 2.45) is 16.0 Å². The number of carbonyl (C=O) groups excluding carboxylic acids is 1. The van der Waals surface area contributed by atoms with Crippen molar-refractivity contribution < 1.29 is 14.3 Å². The summed E-state index contributed by atoms with van der Waals surface area (Å²) in [5, 5.41) is 16.3. The molecule has 0 radical (unpaired) electrons. The highest BCUT2D eigenvalue weighted by Gasteiger charge is 2.35. The number of methoxy groups -OCH3 is 1. The molecule has 0 atom stereocenters. The monoisotopic (exact) mass is 482 g/mol. The second kappa shape index (κ2) is 9.80. The average molecular weight is 483 g/mol. The number of aliphatic imine (C=N–C) groups is 1. The summed E-state index contributed by atoms with van der Waals surface area (Å²) in [6.07, 6.45) is 2.39. The number of hydrogen-bond acceptors (Lipinski definition) is 6. The van der Waals surface area contributed by atoms with Gasteiger partial charge in [0.15, 0.2) is 17.3 Å². The average Bonchev–Trinajstić information content (AvgIpc) is 3.18. The van der Waals surface area contributed by atoms with Crippen molar-refractivity contribution in [1.29, 1.82) is 5.41 Å². The fourth-order valence-electron chi connectivity index (χ4n) is 3.29. The zero-order valence-electron chi connectivity index (χ0n) is 18.5. The number of carbonyl (C=O) groups is 1. The molecule has 0 fully saturated rings. The van der Waals surface area contributed by atoms with Gasteiger partial charge in [-0.05, 0) is 47.5 Å². The molecular formula is C24H23ClN4O3S.